The van der Waals surface area contributed by atoms with Gasteiger partial charge in [-0.1, -0.05) is 13.8 Å². The van der Waals surface area contributed by atoms with E-state index in [2.05, 4.69) is 21.2 Å². The van der Waals surface area contributed by atoms with Crippen LogP contribution in [0.25, 0.3) is 0 Å². The van der Waals surface area contributed by atoms with E-state index in [4.69, 9.17) is 0 Å². The average Bonchev–Trinajstić information content (AvgIpc) is 2.42. The Kier molecular flexibility index (Phi) is 5.83. The van der Waals surface area contributed by atoms with E-state index < -0.39 is 28.9 Å². The van der Waals surface area contributed by atoms with Crippen molar-refractivity contribution in [3.63, 3.8) is 0 Å². The second kappa shape index (κ2) is 6.98. The molecule has 1 amide bonds. The van der Waals surface area contributed by atoms with Crippen molar-refractivity contribution in [3.8, 4) is 0 Å². The molecule has 116 valence electrons. The smallest absolute Gasteiger partial charge is 0.310 e. The van der Waals surface area contributed by atoms with Gasteiger partial charge in [-0.05, 0) is 34.8 Å². The highest BCUT2D eigenvalue weighted by Crippen LogP contribution is 2.32. The van der Waals surface area contributed by atoms with Crippen molar-refractivity contribution in [2.45, 2.75) is 33.1 Å². The molecule has 0 fully saturated rings. The Bertz CT molecular complexity index is 559. The number of carboxylic acids is 1. The molecule has 1 aromatic rings. The summed E-state index contributed by atoms with van der Waals surface area (Å²) in [6.45, 7) is 3.36. The van der Waals surface area contributed by atoms with Crippen molar-refractivity contribution in [1.29, 1.82) is 0 Å². The van der Waals surface area contributed by atoms with E-state index in [1.807, 2.05) is 0 Å². The van der Waals surface area contributed by atoms with E-state index in [-0.39, 0.29) is 29.4 Å². The molecule has 0 aromatic heterocycles. The number of carboxylic acid groups (broad SMARTS) is 1. The number of aliphatic carboxylic acids is 1. The number of halogens is 3. The number of carbonyl (C=O) groups excluding carboxylic acids is 1. The molecule has 1 aromatic carbocycles. The quantitative estimate of drug-likeness (QED) is 0.752. The van der Waals surface area contributed by atoms with E-state index >= 15 is 0 Å². The van der Waals surface area contributed by atoms with Crippen molar-refractivity contribution >= 4 is 33.5 Å². The summed E-state index contributed by atoms with van der Waals surface area (Å²) in [4.78, 5) is 23.3. The van der Waals surface area contributed by atoms with Gasteiger partial charge in [-0.15, -0.1) is 0 Å². The van der Waals surface area contributed by atoms with Crippen LogP contribution >= 0.6 is 15.9 Å². The maximum Gasteiger partial charge on any atom is 0.310 e. The highest BCUT2D eigenvalue weighted by molar-refractivity contribution is 9.10. The lowest BCUT2D eigenvalue weighted by Gasteiger charge is -2.25. The molecule has 0 atom stereocenters. The van der Waals surface area contributed by atoms with Gasteiger partial charge in [0.1, 0.15) is 11.6 Å². The predicted octanol–water partition coefficient (Wildman–Crippen LogP) is 3.95. The third-order valence-corrected chi connectivity index (χ3v) is 4.20. The second-order valence-electron chi connectivity index (χ2n) is 4.76. The van der Waals surface area contributed by atoms with Crippen molar-refractivity contribution in [2.75, 3.05) is 5.32 Å². The molecule has 0 aliphatic carbocycles. The molecule has 0 unspecified atom stereocenters. The predicted molar refractivity (Wildman–Crippen MR) is 78.0 cm³/mol. The molecule has 0 saturated heterocycles. The van der Waals surface area contributed by atoms with Crippen LogP contribution in [0.4, 0.5) is 14.5 Å². The Balaban J connectivity index is 2.92. The van der Waals surface area contributed by atoms with Gasteiger partial charge in [-0.3, -0.25) is 9.59 Å². The molecule has 0 bridgehead atoms. The fraction of sp³-hybridized carbons (Fsp3) is 0.429. The van der Waals surface area contributed by atoms with Crippen LogP contribution in [0.2, 0.25) is 0 Å². The largest absolute Gasteiger partial charge is 0.481 e. The summed E-state index contributed by atoms with van der Waals surface area (Å²) in [7, 11) is 0. The molecule has 21 heavy (non-hydrogen) atoms. The number of amides is 1. The molecular formula is C14H16BrF2NO3. The van der Waals surface area contributed by atoms with Gasteiger partial charge < -0.3 is 10.4 Å². The molecular weight excluding hydrogens is 348 g/mol. The SMILES string of the molecule is CCC(CC)(CC(=O)Nc1cc(Br)c(F)cc1F)C(=O)O. The topological polar surface area (TPSA) is 66.4 Å². The molecule has 0 heterocycles. The minimum absolute atomic E-state index is 0.00896. The number of hydrogen-bond donors (Lipinski definition) is 2. The van der Waals surface area contributed by atoms with Gasteiger partial charge in [-0.2, -0.15) is 0 Å². The van der Waals surface area contributed by atoms with Gasteiger partial charge in [0, 0.05) is 12.5 Å². The number of hydrogen-bond acceptors (Lipinski definition) is 2. The summed E-state index contributed by atoms with van der Waals surface area (Å²) in [6, 6.07) is 1.74. The lowest BCUT2D eigenvalue weighted by atomic mass is 9.79. The summed E-state index contributed by atoms with van der Waals surface area (Å²) >= 11 is 2.90. The summed E-state index contributed by atoms with van der Waals surface area (Å²) in [6.07, 6.45) is 0.285. The first-order chi connectivity index (χ1) is 9.75. The molecule has 0 spiro atoms. The Morgan fingerprint density at radius 1 is 1.24 bits per heavy atom. The summed E-state index contributed by atoms with van der Waals surface area (Å²) < 4.78 is 26.7. The normalized spacial score (nSPS) is 11.3. The van der Waals surface area contributed by atoms with Gasteiger partial charge in [0.25, 0.3) is 0 Å². The van der Waals surface area contributed by atoms with Crippen LogP contribution < -0.4 is 5.32 Å². The molecule has 2 N–H and O–H groups in total. The second-order valence-corrected chi connectivity index (χ2v) is 5.62. The van der Waals surface area contributed by atoms with Crippen LogP contribution in [0, 0.1) is 17.0 Å². The highest BCUT2D eigenvalue weighted by atomic mass is 79.9. The van der Waals surface area contributed by atoms with Crippen molar-refractivity contribution in [3.05, 3.63) is 28.2 Å². The first-order valence-electron chi connectivity index (χ1n) is 6.43. The number of carbonyl (C=O) groups is 2. The van der Waals surface area contributed by atoms with Crippen LogP contribution in [-0.2, 0) is 9.59 Å². The van der Waals surface area contributed by atoms with E-state index in [1.54, 1.807) is 13.8 Å². The van der Waals surface area contributed by atoms with Gasteiger partial charge in [-0.25, -0.2) is 8.78 Å². The lowest BCUT2D eigenvalue weighted by Crippen LogP contribution is -2.34. The Labute approximate surface area is 129 Å². The zero-order chi connectivity index (χ0) is 16.2. The van der Waals surface area contributed by atoms with E-state index in [0.29, 0.717) is 6.07 Å². The molecule has 0 radical (unpaired) electrons. The van der Waals surface area contributed by atoms with Gasteiger partial charge in [0.2, 0.25) is 5.91 Å². The Morgan fingerprint density at radius 3 is 2.29 bits per heavy atom. The third-order valence-electron chi connectivity index (χ3n) is 3.59. The zero-order valence-corrected chi connectivity index (χ0v) is 13.3. The summed E-state index contributed by atoms with van der Waals surface area (Å²) in [5.74, 6) is -3.40. The Hall–Kier alpha value is -1.50. The zero-order valence-electron chi connectivity index (χ0n) is 11.7. The number of anilines is 1. The lowest BCUT2D eigenvalue weighted by molar-refractivity contribution is -0.151. The minimum Gasteiger partial charge on any atom is -0.481 e. The molecule has 7 heteroatoms. The third kappa shape index (κ3) is 4.00. The molecule has 0 aliphatic rings. The molecule has 0 saturated carbocycles. The van der Waals surface area contributed by atoms with Gasteiger partial charge in [0.15, 0.2) is 0 Å². The maximum atomic E-state index is 13.6. The first kappa shape index (κ1) is 17.6. The first-order valence-corrected chi connectivity index (χ1v) is 7.22. The molecule has 0 aliphatic heterocycles. The van der Waals surface area contributed by atoms with Crippen molar-refractivity contribution in [2.24, 2.45) is 5.41 Å². The molecule has 4 nitrogen and oxygen atoms in total. The minimum atomic E-state index is -1.18. The molecule has 1 rings (SSSR count). The van der Waals surface area contributed by atoms with Gasteiger partial charge >= 0.3 is 5.97 Å². The van der Waals surface area contributed by atoms with E-state index in [0.717, 1.165) is 6.07 Å². The highest BCUT2D eigenvalue weighted by Gasteiger charge is 2.37. The standard InChI is InChI=1S/C14H16BrF2NO3/c1-3-14(4-2,13(20)21)7-12(19)18-11-5-8(15)9(16)6-10(11)17/h5-6H,3-4,7H2,1-2H3,(H,18,19)(H,20,21). The van der Waals surface area contributed by atoms with Crippen molar-refractivity contribution < 1.29 is 23.5 Å². The number of benzene rings is 1. The van der Waals surface area contributed by atoms with Crippen LogP contribution in [0.3, 0.4) is 0 Å². The van der Waals surface area contributed by atoms with E-state index in [1.165, 1.54) is 0 Å². The van der Waals surface area contributed by atoms with Crippen molar-refractivity contribution in [1.82, 2.24) is 0 Å². The van der Waals surface area contributed by atoms with Gasteiger partial charge in [0.05, 0.1) is 15.6 Å². The average molecular weight is 364 g/mol. The fourth-order valence-corrected chi connectivity index (χ4v) is 2.34. The maximum absolute atomic E-state index is 13.6. The Morgan fingerprint density at radius 2 is 1.81 bits per heavy atom. The summed E-state index contributed by atoms with van der Waals surface area (Å²) in [5, 5.41) is 11.5. The van der Waals surface area contributed by atoms with Crippen LogP contribution in [-0.4, -0.2) is 17.0 Å². The van der Waals surface area contributed by atoms with Crippen LogP contribution in [0.1, 0.15) is 33.1 Å². The van der Waals surface area contributed by atoms with Crippen LogP contribution in [0.15, 0.2) is 16.6 Å². The number of rotatable bonds is 6. The summed E-state index contributed by atoms with van der Waals surface area (Å²) in [5.41, 5.74) is -1.38. The van der Waals surface area contributed by atoms with Crippen LogP contribution in [0.5, 0.6) is 0 Å². The van der Waals surface area contributed by atoms with E-state index in [9.17, 15) is 23.5 Å². The fourth-order valence-electron chi connectivity index (χ4n) is 2.00. The monoisotopic (exact) mass is 363 g/mol. The number of nitrogens with one attached hydrogen (secondary N) is 1.